The molecule has 2 aromatic carbocycles. The summed E-state index contributed by atoms with van der Waals surface area (Å²) in [6.07, 6.45) is 0. The number of ether oxygens (including phenoxy) is 1. The second-order valence-corrected chi connectivity index (χ2v) is 6.30. The summed E-state index contributed by atoms with van der Waals surface area (Å²) in [5.41, 5.74) is 1.09. The molecule has 0 saturated carbocycles. The highest BCUT2D eigenvalue weighted by Crippen LogP contribution is 2.35. The van der Waals surface area contributed by atoms with E-state index in [0.29, 0.717) is 6.54 Å². The van der Waals surface area contributed by atoms with Crippen LogP contribution in [0.15, 0.2) is 65.3 Å². The summed E-state index contributed by atoms with van der Waals surface area (Å²) < 4.78 is 5.05. The smallest absolute Gasteiger partial charge is 0.340 e. The van der Waals surface area contributed by atoms with E-state index in [1.165, 1.54) is 12.1 Å². The highest BCUT2D eigenvalue weighted by Gasteiger charge is 2.42. The van der Waals surface area contributed by atoms with Crippen LogP contribution in [0.1, 0.15) is 24.2 Å². The Kier molecular flexibility index (Phi) is 5.80. The molecule has 6 nitrogen and oxygen atoms in total. The molecule has 1 aliphatic rings. The predicted molar refractivity (Wildman–Crippen MR) is 107 cm³/mol. The summed E-state index contributed by atoms with van der Waals surface area (Å²) in [5.74, 6) is -1.87. The zero-order chi connectivity index (χ0) is 20.3. The zero-order valence-corrected chi connectivity index (χ0v) is 16.3. The Morgan fingerprint density at radius 2 is 1.64 bits per heavy atom. The van der Waals surface area contributed by atoms with Crippen LogP contribution in [0.3, 0.4) is 0 Å². The van der Waals surface area contributed by atoms with Gasteiger partial charge in [0, 0.05) is 12.2 Å². The lowest BCUT2D eigenvalue weighted by Gasteiger charge is -2.24. The number of benzene rings is 2. The van der Waals surface area contributed by atoms with Crippen molar-refractivity contribution in [1.82, 2.24) is 0 Å². The van der Waals surface area contributed by atoms with Gasteiger partial charge in [-0.1, -0.05) is 41.9 Å². The lowest BCUT2D eigenvalue weighted by Crippen LogP contribution is -2.36. The Morgan fingerprint density at radius 1 is 1.00 bits per heavy atom. The zero-order valence-electron chi connectivity index (χ0n) is 15.5. The average Bonchev–Trinajstić information content (AvgIpc) is 2.93. The molecular formula is C21H19ClN2O4. The molecule has 0 radical (unpaired) electrons. The van der Waals surface area contributed by atoms with E-state index < -0.39 is 17.8 Å². The van der Waals surface area contributed by atoms with Gasteiger partial charge in [0.05, 0.1) is 17.9 Å². The van der Waals surface area contributed by atoms with Crippen molar-refractivity contribution in [2.24, 2.45) is 0 Å². The van der Waals surface area contributed by atoms with Crippen molar-refractivity contribution >= 4 is 40.8 Å². The minimum Gasteiger partial charge on any atom is -0.462 e. The number of imide groups is 1. The Hall–Kier alpha value is -3.12. The fourth-order valence-corrected chi connectivity index (χ4v) is 3.34. The summed E-state index contributed by atoms with van der Waals surface area (Å²) in [4.78, 5) is 40.9. The third-order valence-corrected chi connectivity index (χ3v) is 4.64. The molecule has 28 heavy (non-hydrogen) atoms. The first-order valence-corrected chi connectivity index (χ1v) is 9.26. The van der Waals surface area contributed by atoms with Crippen LogP contribution in [0.5, 0.6) is 0 Å². The molecule has 1 heterocycles. The molecule has 0 N–H and O–H groups in total. The molecule has 0 aromatic heterocycles. The maximum Gasteiger partial charge on any atom is 0.340 e. The Balaban J connectivity index is 2.04. The molecule has 0 saturated heterocycles. The average molecular weight is 399 g/mol. The molecule has 3 rings (SSSR count). The van der Waals surface area contributed by atoms with Gasteiger partial charge in [0.15, 0.2) is 0 Å². The van der Waals surface area contributed by atoms with Crippen molar-refractivity contribution in [1.29, 1.82) is 0 Å². The van der Waals surface area contributed by atoms with E-state index in [9.17, 15) is 14.4 Å². The number of carbonyl (C=O) groups is 3. The molecule has 0 bridgehead atoms. The van der Waals surface area contributed by atoms with Crippen molar-refractivity contribution < 1.29 is 19.1 Å². The van der Waals surface area contributed by atoms with E-state index in [4.69, 9.17) is 16.3 Å². The van der Waals surface area contributed by atoms with Gasteiger partial charge in [0.2, 0.25) is 0 Å². The molecule has 0 spiro atoms. The van der Waals surface area contributed by atoms with Crippen LogP contribution in [0.4, 0.5) is 11.4 Å². The number of rotatable bonds is 6. The van der Waals surface area contributed by atoms with E-state index in [0.717, 1.165) is 10.6 Å². The van der Waals surface area contributed by atoms with E-state index in [-0.39, 0.29) is 28.6 Å². The maximum absolute atomic E-state index is 13.2. The Morgan fingerprint density at radius 3 is 2.29 bits per heavy atom. The van der Waals surface area contributed by atoms with Gasteiger partial charge in [-0.05, 0) is 38.1 Å². The lowest BCUT2D eigenvalue weighted by atomic mass is 10.1. The molecule has 2 amide bonds. The van der Waals surface area contributed by atoms with Crippen molar-refractivity contribution in [3.63, 3.8) is 0 Å². The molecule has 7 heteroatoms. The normalized spacial score (nSPS) is 13.9. The summed E-state index contributed by atoms with van der Waals surface area (Å²) in [5, 5.41) is -0.186. The first kappa shape index (κ1) is 19.6. The topological polar surface area (TPSA) is 66.9 Å². The van der Waals surface area contributed by atoms with Crippen LogP contribution in [-0.2, 0) is 14.3 Å². The number of para-hydroxylation sites is 2. The molecule has 144 valence electrons. The summed E-state index contributed by atoms with van der Waals surface area (Å²) in [6, 6.07) is 15.5. The summed E-state index contributed by atoms with van der Waals surface area (Å²) in [7, 11) is 0. The Labute approximate surface area is 167 Å². The van der Waals surface area contributed by atoms with Gasteiger partial charge in [-0.25, -0.2) is 9.69 Å². The second kappa shape index (κ2) is 8.27. The van der Waals surface area contributed by atoms with Gasteiger partial charge < -0.3 is 9.64 Å². The number of hydrogen-bond donors (Lipinski definition) is 0. The highest BCUT2D eigenvalue weighted by molar-refractivity contribution is 6.53. The third kappa shape index (κ3) is 3.39. The van der Waals surface area contributed by atoms with Gasteiger partial charge in [0.25, 0.3) is 11.8 Å². The predicted octanol–water partition coefficient (Wildman–Crippen LogP) is 3.71. The summed E-state index contributed by atoms with van der Waals surface area (Å²) >= 11 is 6.29. The first-order chi connectivity index (χ1) is 13.5. The van der Waals surface area contributed by atoms with Crippen molar-refractivity contribution in [3.05, 3.63) is 70.9 Å². The number of esters is 1. The highest BCUT2D eigenvalue weighted by atomic mass is 35.5. The number of nitrogens with zero attached hydrogens (tertiary/aromatic N) is 2. The van der Waals surface area contributed by atoms with Gasteiger partial charge in [-0.2, -0.15) is 0 Å². The van der Waals surface area contributed by atoms with E-state index >= 15 is 0 Å². The maximum atomic E-state index is 13.2. The van der Waals surface area contributed by atoms with Crippen LogP contribution >= 0.6 is 11.6 Å². The van der Waals surface area contributed by atoms with Crippen LogP contribution in [0.25, 0.3) is 0 Å². The molecule has 1 aliphatic heterocycles. The lowest BCUT2D eigenvalue weighted by molar-refractivity contribution is -0.120. The van der Waals surface area contributed by atoms with E-state index in [1.54, 1.807) is 24.0 Å². The minimum absolute atomic E-state index is 0.0824. The van der Waals surface area contributed by atoms with E-state index in [2.05, 4.69) is 0 Å². The molecular weight excluding hydrogens is 380 g/mol. The fraction of sp³-hybridized carbons (Fsp3) is 0.190. The van der Waals surface area contributed by atoms with Crippen LogP contribution in [0, 0.1) is 0 Å². The van der Waals surface area contributed by atoms with Gasteiger partial charge in [-0.15, -0.1) is 0 Å². The van der Waals surface area contributed by atoms with Crippen LogP contribution in [0.2, 0.25) is 0 Å². The summed E-state index contributed by atoms with van der Waals surface area (Å²) in [6.45, 7) is 4.15. The van der Waals surface area contributed by atoms with Crippen molar-refractivity contribution in [2.45, 2.75) is 13.8 Å². The van der Waals surface area contributed by atoms with Crippen LogP contribution < -0.4 is 9.80 Å². The third-order valence-electron chi connectivity index (χ3n) is 4.30. The van der Waals surface area contributed by atoms with Crippen LogP contribution in [-0.4, -0.2) is 30.9 Å². The van der Waals surface area contributed by atoms with E-state index in [1.807, 2.05) is 37.3 Å². The monoisotopic (exact) mass is 398 g/mol. The van der Waals surface area contributed by atoms with Gasteiger partial charge in [0.1, 0.15) is 10.7 Å². The molecule has 0 aliphatic carbocycles. The van der Waals surface area contributed by atoms with Gasteiger partial charge in [-0.3, -0.25) is 9.59 Å². The minimum atomic E-state index is -0.673. The largest absolute Gasteiger partial charge is 0.462 e. The number of anilines is 2. The molecule has 0 unspecified atom stereocenters. The SMILES string of the molecule is CCOC(=O)c1ccccc1N1C(=O)C(Cl)=C(N(CC)c2ccccc2)C1=O. The number of amides is 2. The molecule has 0 atom stereocenters. The second-order valence-electron chi connectivity index (χ2n) is 5.93. The fourth-order valence-electron chi connectivity index (χ4n) is 3.07. The molecule has 2 aromatic rings. The van der Waals surface area contributed by atoms with Crippen molar-refractivity contribution in [3.8, 4) is 0 Å². The standard InChI is InChI=1S/C21H19ClN2O4/c1-3-23(14-10-6-5-7-11-14)18-17(22)19(25)24(20(18)26)16-13-9-8-12-15(16)21(27)28-4-2/h5-13H,3-4H2,1-2H3. The molecule has 0 fully saturated rings. The number of halogens is 1. The quantitative estimate of drug-likeness (QED) is 0.548. The number of hydrogen-bond acceptors (Lipinski definition) is 5. The number of likely N-dealkylation sites (N-methyl/N-ethyl adjacent to an activating group) is 1. The van der Waals surface area contributed by atoms with Gasteiger partial charge >= 0.3 is 5.97 Å². The number of carbonyl (C=O) groups excluding carboxylic acids is 3. The first-order valence-electron chi connectivity index (χ1n) is 8.88. The Bertz CT molecular complexity index is 956. The van der Waals surface area contributed by atoms with Crippen molar-refractivity contribution in [2.75, 3.05) is 23.0 Å².